The minimum Gasteiger partial charge on any atom is -0.394 e. The lowest BCUT2D eigenvalue weighted by molar-refractivity contribution is -0.132. The predicted molar refractivity (Wildman–Crippen MR) is 124 cm³/mol. The number of carbonyl (C=O) groups is 1. The first kappa shape index (κ1) is 25.6. The van der Waals surface area contributed by atoms with Gasteiger partial charge in [0.1, 0.15) is 6.17 Å². The van der Waals surface area contributed by atoms with Gasteiger partial charge in [-0.2, -0.15) is 4.31 Å². The number of carbonyl (C=O) groups excluding carboxylic acids is 1. The summed E-state index contributed by atoms with van der Waals surface area (Å²) in [6.45, 7) is -0.130. The number of alkyl halides is 2. The van der Waals surface area contributed by atoms with E-state index in [0.717, 1.165) is 32.1 Å². The highest BCUT2D eigenvalue weighted by Crippen LogP contribution is 2.37. The number of halogens is 2. The molecule has 3 saturated carbocycles. The van der Waals surface area contributed by atoms with Crippen LogP contribution in [0.15, 0.2) is 0 Å². The maximum atomic E-state index is 13.6. The average molecular weight is 509 g/mol. The quantitative estimate of drug-likeness (QED) is 0.538. The van der Waals surface area contributed by atoms with Crippen molar-refractivity contribution in [3.05, 3.63) is 0 Å². The first-order valence-electron chi connectivity index (χ1n) is 12.6. The molecule has 4 fully saturated rings. The van der Waals surface area contributed by atoms with Gasteiger partial charge in [-0.05, 0) is 76.5 Å². The van der Waals surface area contributed by atoms with Gasteiger partial charge < -0.3 is 15.2 Å². The van der Waals surface area contributed by atoms with E-state index in [1.165, 1.54) is 4.31 Å². The number of morpholine rings is 1. The number of nitrogens with one attached hydrogen (secondary N) is 1. The van der Waals surface area contributed by atoms with Crippen molar-refractivity contribution < 1.29 is 27.4 Å². The van der Waals surface area contributed by atoms with Crippen LogP contribution in [0, 0.1) is 5.92 Å². The number of hydrogen-bond donors (Lipinski definition) is 2. The van der Waals surface area contributed by atoms with Crippen LogP contribution in [0.1, 0.15) is 77.0 Å². The van der Waals surface area contributed by atoms with E-state index in [1.807, 2.05) is 0 Å². The molecular weight excluding hydrogens is 471 g/mol. The Hall–Kier alpha value is -0.480. The number of ether oxygens (including phenoxy) is 1. The van der Waals surface area contributed by atoms with Gasteiger partial charge in [0.05, 0.1) is 30.1 Å². The van der Waals surface area contributed by atoms with Crippen molar-refractivity contribution in [2.45, 2.75) is 118 Å². The Kier molecular flexibility index (Phi) is 8.58. The molecule has 0 aromatic carbocycles. The second kappa shape index (κ2) is 11.1. The lowest BCUT2D eigenvalue weighted by Gasteiger charge is -2.48. The highest BCUT2D eigenvalue weighted by Gasteiger charge is 2.48. The Labute approximate surface area is 201 Å². The normalized spacial score (nSPS) is 40.7. The van der Waals surface area contributed by atoms with Crippen molar-refractivity contribution in [2.75, 3.05) is 13.2 Å². The number of aliphatic hydroxyl groups excluding tert-OH is 1. The maximum Gasteiger partial charge on any atom is 0.220 e. The molecule has 33 heavy (non-hydrogen) atoms. The molecule has 0 aromatic heterocycles. The van der Waals surface area contributed by atoms with Crippen LogP contribution in [-0.4, -0.2) is 78.0 Å². The zero-order valence-corrected chi connectivity index (χ0v) is 20.8. The number of amides is 1. The first-order chi connectivity index (χ1) is 15.8. The summed E-state index contributed by atoms with van der Waals surface area (Å²) in [5.74, 6) is 0.388. The minimum atomic E-state index is -3.65. The number of nitrogens with zero attached hydrogens (tertiary/aromatic N) is 1. The molecule has 0 bridgehead atoms. The molecule has 0 spiro atoms. The van der Waals surface area contributed by atoms with E-state index in [0.29, 0.717) is 38.0 Å². The number of aliphatic hydroxyl groups is 1. The summed E-state index contributed by atoms with van der Waals surface area (Å²) < 4.78 is 48.3. The molecule has 1 saturated heterocycles. The van der Waals surface area contributed by atoms with Gasteiger partial charge in [-0.15, -0.1) is 11.6 Å². The maximum absolute atomic E-state index is 13.6. The highest BCUT2D eigenvalue weighted by atomic mass is 35.5. The molecule has 1 heterocycles. The average Bonchev–Trinajstić information content (AvgIpc) is 2.80. The lowest BCUT2D eigenvalue weighted by atomic mass is 9.85. The van der Waals surface area contributed by atoms with Crippen molar-refractivity contribution in [2.24, 2.45) is 5.92 Å². The molecule has 190 valence electrons. The Morgan fingerprint density at radius 3 is 2.42 bits per heavy atom. The Morgan fingerprint density at radius 1 is 1.06 bits per heavy atom. The van der Waals surface area contributed by atoms with Crippen molar-refractivity contribution in [1.82, 2.24) is 9.62 Å². The standard InChI is InChI=1S/C23H38ClFN2O5S/c24-16-3-1-15(2-4-16)11-23(29)26-18-7-10-22-21(12-18)27(13-19(14-28)32-22)33(30,31)20-8-5-17(25)6-9-20/h15-22,28H,1-14H2,(H,26,29)/t15?,16?,17?,18?,19-,20?,21?,22?/m1/s1. The lowest BCUT2D eigenvalue weighted by Crippen LogP contribution is -2.62. The highest BCUT2D eigenvalue weighted by molar-refractivity contribution is 7.89. The number of fused-ring (bicyclic) bond motifs is 1. The van der Waals surface area contributed by atoms with Crippen molar-refractivity contribution in [1.29, 1.82) is 0 Å². The van der Waals surface area contributed by atoms with Gasteiger partial charge in [-0.25, -0.2) is 12.8 Å². The summed E-state index contributed by atoms with van der Waals surface area (Å²) in [5, 5.41) is 12.5. The van der Waals surface area contributed by atoms with Crippen LogP contribution in [0.3, 0.4) is 0 Å². The van der Waals surface area contributed by atoms with Gasteiger partial charge in [0, 0.05) is 24.4 Å². The van der Waals surface area contributed by atoms with Crippen molar-refractivity contribution >= 4 is 27.5 Å². The fourth-order valence-electron chi connectivity index (χ4n) is 6.12. The van der Waals surface area contributed by atoms with Crippen LogP contribution in [0.25, 0.3) is 0 Å². The van der Waals surface area contributed by atoms with E-state index >= 15 is 0 Å². The molecule has 0 radical (unpaired) electrons. The predicted octanol–water partition coefficient (Wildman–Crippen LogP) is 2.88. The third-order valence-electron chi connectivity index (χ3n) is 8.05. The molecule has 1 amide bonds. The Bertz CT molecular complexity index is 771. The molecule has 0 aromatic rings. The van der Waals surface area contributed by atoms with Crippen LogP contribution in [0.4, 0.5) is 4.39 Å². The van der Waals surface area contributed by atoms with Crippen LogP contribution >= 0.6 is 11.6 Å². The zero-order chi connectivity index (χ0) is 23.6. The first-order valence-corrected chi connectivity index (χ1v) is 14.5. The van der Waals surface area contributed by atoms with Crippen molar-refractivity contribution in [3.8, 4) is 0 Å². The summed E-state index contributed by atoms with van der Waals surface area (Å²) in [7, 11) is -3.65. The van der Waals surface area contributed by atoms with Crippen LogP contribution < -0.4 is 5.32 Å². The van der Waals surface area contributed by atoms with Gasteiger partial charge in [-0.1, -0.05) is 0 Å². The SMILES string of the molecule is O=C(CC1CCC(Cl)CC1)NC1CCC2O[C@@H](CO)CN(S(=O)(=O)C3CCC(F)CC3)C2C1. The Morgan fingerprint density at radius 2 is 1.76 bits per heavy atom. The molecule has 3 unspecified atom stereocenters. The second-order valence-corrected chi connectivity index (χ2v) is 13.2. The topological polar surface area (TPSA) is 95.9 Å². The molecule has 1 aliphatic heterocycles. The molecule has 2 N–H and O–H groups in total. The Balaban J connectivity index is 1.40. The zero-order valence-electron chi connectivity index (χ0n) is 19.2. The monoisotopic (exact) mass is 508 g/mol. The van der Waals surface area contributed by atoms with Gasteiger partial charge in [0.25, 0.3) is 0 Å². The molecule has 4 aliphatic rings. The van der Waals surface area contributed by atoms with Gasteiger partial charge in [-0.3, -0.25) is 4.79 Å². The van der Waals surface area contributed by atoms with Crippen LogP contribution in [-0.2, 0) is 19.6 Å². The van der Waals surface area contributed by atoms with Gasteiger partial charge in [0.15, 0.2) is 0 Å². The molecule has 4 rings (SSSR count). The van der Waals surface area contributed by atoms with E-state index in [9.17, 15) is 22.7 Å². The summed E-state index contributed by atoms with van der Waals surface area (Å²) in [6.07, 6.45) is 5.62. The van der Waals surface area contributed by atoms with Gasteiger partial charge in [0.2, 0.25) is 15.9 Å². The molecular formula is C23H38ClFN2O5S. The smallest absolute Gasteiger partial charge is 0.220 e. The number of sulfonamides is 1. The third-order valence-corrected chi connectivity index (χ3v) is 10.9. The molecule has 3 aliphatic carbocycles. The molecule has 10 heteroatoms. The summed E-state index contributed by atoms with van der Waals surface area (Å²) in [4.78, 5) is 12.7. The molecule has 4 atom stereocenters. The van der Waals surface area contributed by atoms with Crippen LogP contribution in [0.5, 0.6) is 0 Å². The van der Waals surface area contributed by atoms with E-state index < -0.39 is 27.5 Å². The van der Waals surface area contributed by atoms with Crippen LogP contribution in [0.2, 0.25) is 0 Å². The van der Waals surface area contributed by atoms with E-state index in [4.69, 9.17) is 16.3 Å². The summed E-state index contributed by atoms with van der Waals surface area (Å²) in [6, 6.07) is -0.469. The number of hydrogen-bond acceptors (Lipinski definition) is 5. The van der Waals surface area contributed by atoms with Gasteiger partial charge >= 0.3 is 0 Å². The largest absolute Gasteiger partial charge is 0.394 e. The fourth-order valence-corrected chi connectivity index (χ4v) is 8.59. The van der Waals surface area contributed by atoms with E-state index in [-0.39, 0.29) is 55.5 Å². The second-order valence-electron chi connectivity index (χ2n) is 10.4. The fraction of sp³-hybridized carbons (Fsp3) is 0.957. The molecule has 7 nitrogen and oxygen atoms in total. The van der Waals surface area contributed by atoms with E-state index in [1.54, 1.807) is 0 Å². The summed E-state index contributed by atoms with van der Waals surface area (Å²) >= 11 is 6.17. The van der Waals surface area contributed by atoms with Crippen molar-refractivity contribution in [3.63, 3.8) is 0 Å². The summed E-state index contributed by atoms with van der Waals surface area (Å²) in [5.41, 5.74) is 0. The van der Waals surface area contributed by atoms with E-state index in [2.05, 4.69) is 5.32 Å². The third kappa shape index (κ3) is 6.21. The number of rotatable bonds is 6. The minimum absolute atomic E-state index is 0.0251.